The van der Waals surface area contributed by atoms with Crippen LogP contribution in [-0.2, 0) is 24.3 Å². The van der Waals surface area contributed by atoms with Gasteiger partial charge >= 0.3 is 0 Å². The van der Waals surface area contributed by atoms with Gasteiger partial charge in [0.1, 0.15) is 0 Å². The number of fused-ring (bicyclic) bond motifs is 1. The van der Waals surface area contributed by atoms with Crippen molar-refractivity contribution in [3.63, 3.8) is 0 Å². The van der Waals surface area contributed by atoms with Gasteiger partial charge in [-0.2, -0.15) is 0 Å². The molecule has 1 aromatic carbocycles. The highest BCUT2D eigenvalue weighted by molar-refractivity contribution is 5.44. The van der Waals surface area contributed by atoms with E-state index in [0.717, 1.165) is 49.9 Å². The van der Waals surface area contributed by atoms with Gasteiger partial charge in [0.25, 0.3) is 5.56 Å². The van der Waals surface area contributed by atoms with Crippen LogP contribution in [0.1, 0.15) is 23.7 Å². The fourth-order valence-electron chi connectivity index (χ4n) is 3.72. The minimum atomic E-state index is -0.0673. The van der Waals surface area contributed by atoms with Crippen molar-refractivity contribution in [3.05, 3.63) is 45.4 Å². The Morgan fingerprint density at radius 1 is 1.18 bits per heavy atom. The Kier molecular flexibility index (Phi) is 5.50. The molecule has 8 heteroatoms. The first-order valence-corrected chi connectivity index (χ1v) is 9.64. The number of hydrogen-bond donors (Lipinski definition) is 1. The molecule has 0 bridgehead atoms. The van der Waals surface area contributed by atoms with Crippen LogP contribution in [0.3, 0.4) is 0 Å². The molecular weight excluding hydrogens is 360 g/mol. The second kappa shape index (κ2) is 8.20. The van der Waals surface area contributed by atoms with Crippen LogP contribution in [0, 0.1) is 0 Å². The highest BCUT2D eigenvalue weighted by atomic mass is 16.7. The maximum Gasteiger partial charge on any atom is 0.255 e. The van der Waals surface area contributed by atoms with Crippen LogP contribution < -0.4 is 19.9 Å². The number of anilines is 1. The van der Waals surface area contributed by atoms with Gasteiger partial charge in [-0.15, -0.1) is 0 Å². The number of methoxy groups -OCH3 is 1. The summed E-state index contributed by atoms with van der Waals surface area (Å²) in [7, 11) is 1.62. The lowest BCUT2D eigenvalue weighted by Crippen LogP contribution is -2.47. The Bertz CT molecular complexity index is 890. The zero-order chi connectivity index (χ0) is 19.5. The first-order valence-electron chi connectivity index (χ1n) is 9.64. The molecule has 0 spiro atoms. The fraction of sp³-hybridized carbons (Fsp3) is 0.500. The van der Waals surface area contributed by atoms with Crippen LogP contribution in [0.15, 0.2) is 23.0 Å². The van der Waals surface area contributed by atoms with E-state index in [9.17, 15) is 4.79 Å². The zero-order valence-corrected chi connectivity index (χ0v) is 16.4. The summed E-state index contributed by atoms with van der Waals surface area (Å²) in [6.45, 7) is 6.88. The van der Waals surface area contributed by atoms with E-state index in [0.29, 0.717) is 31.3 Å². The summed E-state index contributed by atoms with van der Waals surface area (Å²) in [6.07, 6.45) is 0.643. The third kappa shape index (κ3) is 3.83. The number of hydrogen-bond acceptors (Lipinski definition) is 7. The Morgan fingerprint density at radius 2 is 1.96 bits per heavy atom. The summed E-state index contributed by atoms with van der Waals surface area (Å²) in [5, 5.41) is 0. The molecule has 1 N–H and O–H groups in total. The molecule has 150 valence electrons. The van der Waals surface area contributed by atoms with Crippen LogP contribution in [0.2, 0.25) is 0 Å². The number of ether oxygens (including phenoxy) is 3. The minimum absolute atomic E-state index is 0.0673. The maximum atomic E-state index is 12.4. The van der Waals surface area contributed by atoms with E-state index in [4.69, 9.17) is 14.2 Å². The summed E-state index contributed by atoms with van der Waals surface area (Å²) in [4.78, 5) is 24.5. The highest BCUT2D eigenvalue weighted by Crippen LogP contribution is 2.32. The van der Waals surface area contributed by atoms with Gasteiger partial charge in [0.05, 0.1) is 12.3 Å². The second-order valence-corrected chi connectivity index (χ2v) is 7.05. The molecule has 2 aliphatic rings. The van der Waals surface area contributed by atoms with Crippen molar-refractivity contribution in [2.45, 2.75) is 26.5 Å². The molecule has 1 saturated heterocycles. The van der Waals surface area contributed by atoms with Crippen molar-refractivity contribution in [1.82, 2.24) is 14.9 Å². The van der Waals surface area contributed by atoms with Gasteiger partial charge in [0, 0.05) is 45.4 Å². The van der Waals surface area contributed by atoms with Crippen molar-refractivity contribution >= 4 is 5.95 Å². The maximum absolute atomic E-state index is 12.4. The van der Waals surface area contributed by atoms with Crippen LogP contribution in [0.5, 0.6) is 11.5 Å². The normalized spacial score (nSPS) is 16.6. The topological polar surface area (TPSA) is 79.9 Å². The van der Waals surface area contributed by atoms with Gasteiger partial charge in [-0.1, -0.05) is 13.0 Å². The number of piperazine rings is 1. The summed E-state index contributed by atoms with van der Waals surface area (Å²) in [5.41, 5.74) is 2.57. The molecule has 0 radical (unpaired) electrons. The highest BCUT2D eigenvalue weighted by Gasteiger charge is 2.21. The number of nitrogens with one attached hydrogen (secondary N) is 1. The predicted molar refractivity (Wildman–Crippen MR) is 105 cm³/mol. The average Bonchev–Trinajstić information content (AvgIpc) is 3.16. The molecule has 0 amide bonds. The van der Waals surface area contributed by atoms with E-state index in [1.807, 2.05) is 19.1 Å². The van der Waals surface area contributed by atoms with Crippen LogP contribution >= 0.6 is 0 Å². The molecule has 0 aliphatic carbocycles. The molecule has 4 rings (SSSR count). The van der Waals surface area contributed by atoms with Crippen molar-refractivity contribution in [2.24, 2.45) is 0 Å². The van der Waals surface area contributed by atoms with E-state index in [1.54, 1.807) is 7.11 Å². The fourth-order valence-corrected chi connectivity index (χ4v) is 3.72. The van der Waals surface area contributed by atoms with Gasteiger partial charge < -0.3 is 19.1 Å². The number of aromatic nitrogens is 2. The molecule has 1 fully saturated rings. The first-order chi connectivity index (χ1) is 13.7. The lowest BCUT2D eigenvalue weighted by Gasteiger charge is -2.35. The Hall–Kier alpha value is -2.58. The smallest absolute Gasteiger partial charge is 0.255 e. The van der Waals surface area contributed by atoms with E-state index in [2.05, 4.69) is 25.8 Å². The SMILES string of the molecule is CCc1c(COC)nc(N2CCN(Cc3ccc4c(c3)OCO4)CC2)[nH]c1=O. The van der Waals surface area contributed by atoms with Crippen LogP contribution in [0.4, 0.5) is 5.95 Å². The van der Waals surface area contributed by atoms with Crippen molar-refractivity contribution in [1.29, 1.82) is 0 Å². The van der Waals surface area contributed by atoms with E-state index < -0.39 is 0 Å². The standard InChI is InChI=1S/C20H26N4O4/c1-3-15-16(12-26-2)21-20(22-19(15)25)24-8-6-23(7-9-24)11-14-4-5-17-18(10-14)28-13-27-17/h4-5,10H,3,6-9,11-13H2,1-2H3,(H,21,22,25). The summed E-state index contributed by atoms with van der Waals surface area (Å²) < 4.78 is 16.1. The van der Waals surface area contributed by atoms with Crippen molar-refractivity contribution in [3.8, 4) is 11.5 Å². The van der Waals surface area contributed by atoms with Gasteiger partial charge in [0.2, 0.25) is 12.7 Å². The molecular formula is C20H26N4O4. The predicted octanol–water partition coefficient (Wildman–Crippen LogP) is 1.53. The third-order valence-electron chi connectivity index (χ3n) is 5.24. The molecule has 28 heavy (non-hydrogen) atoms. The van der Waals surface area contributed by atoms with Gasteiger partial charge in [-0.3, -0.25) is 14.7 Å². The lowest BCUT2D eigenvalue weighted by molar-refractivity contribution is 0.174. The van der Waals surface area contributed by atoms with Crippen LogP contribution in [-0.4, -0.2) is 54.9 Å². The lowest BCUT2D eigenvalue weighted by atomic mass is 10.1. The van der Waals surface area contributed by atoms with Crippen LogP contribution in [0.25, 0.3) is 0 Å². The Balaban J connectivity index is 1.41. The number of benzene rings is 1. The minimum Gasteiger partial charge on any atom is -0.454 e. The summed E-state index contributed by atoms with van der Waals surface area (Å²) in [6, 6.07) is 6.10. The second-order valence-electron chi connectivity index (χ2n) is 7.05. The average molecular weight is 386 g/mol. The Labute approximate surface area is 164 Å². The number of rotatable bonds is 6. The monoisotopic (exact) mass is 386 g/mol. The van der Waals surface area contributed by atoms with Crippen molar-refractivity contribution in [2.75, 3.05) is 45.0 Å². The van der Waals surface area contributed by atoms with Gasteiger partial charge in [-0.25, -0.2) is 4.98 Å². The zero-order valence-electron chi connectivity index (χ0n) is 16.4. The quantitative estimate of drug-likeness (QED) is 0.806. The summed E-state index contributed by atoms with van der Waals surface area (Å²) in [5.74, 6) is 2.27. The molecule has 2 aromatic rings. The molecule has 0 saturated carbocycles. The summed E-state index contributed by atoms with van der Waals surface area (Å²) >= 11 is 0. The number of H-pyrrole nitrogens is 1. The van der Waals surface area contributed by atoms with E-state index in [-0.39, 0.29) is 5.56 Å². The van der Waals surface area contributed by atoms with Crippen molar-refractivity contribution < 1.29 is 14.2 Å². The molecule has 8 nitrogen and oxygen atoms in total. The third-order valence-corrected chi connectivity index (χ3v) is 5.24. The molecule has 0 atom stereocenters. The Morgan fingerprint density at radius 3 is 2.71 bits per heavy atom. The number of aromatic amines is 1. The molecule has 0 unspecified atom stereocenters. The van der Waals surface area contributed by atoms with E-state index >= 15 is 0 Å². The van der Waals surface area contributed by atoms with E-state index in [1.165, 1.54) is 5.56 Å². The number of nitrogens with zero attached hydrogens (tertiary/aromatic N) is 3. The van der Waals surface area contributed by atoms with Gasteiger partial charge in [-0.05, 0) is 24.1 Å². The molecule has 1 aromatic heterocycles. The molecule has 3 heterocycles. The van der Waals surface area contributed by atoms with Gasteiger partial charge in [0.15, 0.2) is 11.5 Å². The largest absolute Gasteiger partial charge is 0.454 e. The molecule has 2 aliphatic heterocycles. The first kappa shape index (κ1) is 18.8.